The number of amides is 1. The van der Waals surface area contributed by atoms with Gasteiger partial charge < -0.3 is 5.32 Å². The highest BCUT2D eigenvalue weighted by atomic mass is 16.2. The largest absolute Gasteiger partial charge is 0.325 e. The zero-order valence-electron chi connectivity index (χ0n) is 18.5. The fourth-order valence-corrected chi connectivity index (χ4v) is 3.97. The van der Waals surface area contributed by atoms with Crippen LogP contribution in [0, 0.1) is 13.8 Å². The zero-order chi connectivity index (χ0) is 22.8. The van der Waals surface area contributed by atoms with Gasteiger partial charge in [0, 0.05) is 5.69 Å². The molecular weight excluding hydrogens is 412 g/mol. The molecule has 3 aromatic carbocycles. The topological polar surface area (TPSA) is 75.9 Å². The molecule has 164 valence electrons. The first kappa shape index (κ1) is 20.6. The van der Waals surface area contributed by atoms with Crippen LogP contribution in [0.2, 0.25) is 0 Å². The van der Waals surface area contributed by atoms with Crippen molar-refractivity contribution in [3.05, 3.63) is 107 Å². The minimum Gasteiger partial charge on any atom is -0.325 e. The Bertz CT molecular complexity index is 1290. The van der Waals surface area contributed by atoms with Gasteiger partial charge in [-0.15, -0.1) is 0 Å². The number of nitrogens with zero attached hydrogens (tertiary/aromatic N) is 5. The quantitative estimate of drug-likeness (QED) is 0.503. The highest BCUT2D eigenvalue weighted by Crippen LogP contribution is 2.36. The van der Waals surface area contributed by atoms with Crippen molar-refractivity contribution in [3.8, 4) is 0 Å². The maximum absolute atomic E-state index is 13.0. The number of rotatable bonds is 5. The highest BCUT2D eigenvalue weighted by Gasteiger charge is 2.31. The number of aryl methyl sites for hydroxylation is 2. The van der Waals surface area contributed by atoms with Gasteiger partial charge in [0.05, 0.1) is 5.70 Å². The lowest BCUT2D eigenvalue weighted by atomic mass is 10.00. The molecule has 0 bridgehead atoms. The molecule has 0 radical (unpaired) electrons. The second kappa shape index (κ2) is 8.70. The average Bonchev–Trinajstić information content (AvgIpc) is 3.32. The summed E-state index contributed by atoms with van der Waals surface area (Å²) in [6.07, 6.45) is 2.11. The smallest absolute Gasteiger partial charge is 0.251 e. The molecule has 2 heterocycles. The summed E-state index contributed by atoms with van der Waals surface area (Å²) in [5.74, 6) is 0.380. The second-order valence-corrected chi connectivity index (χ2v) is 8.20. The van der Waals surface area contributed by atoms with Gasteiger partial charge in [-0.2, -0.15) is 4.68 Å². The van der Waals surface area contributed by atoms with Crippen LogP contribution in [0.3, 0.4) is 0 Å². The van der Waals surface area contributed by atoms with E-state index in [1.165, 1.54) is 5.56 Å². The van der Waals surface area contributed by atoms with Crippen molar-refractivity contribution in [2.45, 2.75) is 19.9 Å². The zero-order valence-corrected chi connectivity index (χ0v) is 18.5. The summed E-state index contributed by atoms with van der Waals surface area (Å²) in [4.78, 5) is 14.9. The van der Waals surface area contributed by atoms with E-state index in [1.807, 2.05) is 54.3 Å². The van der Waals surface area contributed by atoms with Crippen LogP contribution in [0.25, 0.3) is 5.70 Å². The molecule has 4 aromatic rings. The Labute approximate surface area is 192 Å². The fraction of sp³-hybridized carbons (Fsp3) is 0.154. The number of fused-ring (bicyclic) bond motifs is 1. The number of carbonyl (C=O) groups excluding carboxylic acids is 1. The number of anilines is 2. The van der Waals surface area contributed by atoms with Crippen LogP contribution in [-0.2, 0) is 4.79 Å². The van der Waals surface area contributed by atoms with Gasteiger partial charge in [0.1, 0.15) is 12.6 Å². The number of carbonyl (C=O) groups is 1. The average molecular weight is 437 g/mol. The van der Waals surface area contributed by atoms with E-state index in [4.69, 9.17) is 0 Å². The van der Waals surface area contributed by atoms with Crippen molar-refractivity contribution in [2.24, 2.45) is 0 Å². The number of nitrogens with one attached hydrogen (secondary N) is 1. The number of hydrogen-bond donors (Lipinski definition) is 1. The van der Waals surface area contributed by atoms with E-state index in [2.05, 4.69) is 70.2 Å². The third-order valence-electron chi connectivity index (χ3n) is 5.71. The molecule has 0 aliphatic carbocycles. The van der Waals surface area contributed by atoms with Crippen molar-refractivity contribution < 1.29 is 4.79 Å². The lowest BCUT2D eigenvalue weighted by Crippen LogP contribution is -2.37. The van der Waals surface area contributed by atoms with E-state index in [0.29, 0.717) is 5.95 Å². The lowest BCUT2D eigenvalue weighted by molar-refractivity contribution is -0.114. The Morgan fingerprint density at radius 3 is 2.27 bits per heavy atom. The second-order valence-electron chi connectivity index (χ2n) is 8.20. The molecule has 1 aromatic heterocycles. The van der Waals surface area contributed by atoms with Crippen LogP contribution in [-0.4, -0.2) is 32.7 Å². The van der Waals surface area contributed by atoms with E-state index in [1.54, 1.807) is 4.68 Å². The maximum Gasteiger partial charge on any atom is 0.251 e. The van der Waals surface area contributed by atoms with E-state index >= 15 is 0 Å². The van der Waals surface area contributed by atoms with Crippen molar-refractivity contribution in [1.82, 2.24) is 20.2 Å². The highest BCUT2D eigenvalue weighted by molar-refractivity contribution is 5.97. The van der Waals surface area contributed by atoms with Gasteiger partial charge >= 0.3 is 0 Å². The van der Waals surface area contributed by atoms with Crippen molar-refractivity contribution in [3.63, 3.8) is 0 Å². The van der Waals surface area contributed by atoms with Gasteiger partial charge in [0.15, 0.2) is 0 Å². The van der Waals surface area contributed by atoms with Crippen LogP contribution in [0.5, 0.6) is 0 Å². The molecule has 0 unspecified atom stereocenters. The summed E-state index contributed by atoms with van der Waals surface area (Å²) in [6.45, 7) is 4.15. The molecule has 1 N–H and O–H groups in total. The Balaban J connectivity index is 1.52. The third-order valence-corrected chi connectivity index (χ3v) is 5.71. The fourth-order valence-electron chi connectivity index (χ4n) is 3.97. The van der Waals surface area contributed by atoms with Crippen LogP contribution >= 0.6 is 0 Å². The summed E-state index contributed by atoms with van der Waals surface area (Å²) in [6, 6.07) is 25.9. The summed E-state index contributed by atoms with van der Waals surface area (Å²) in [5.41, 5.74) is 6.02. The Kier molecular flexibility index (Phi) is 5.44. The minimum absolute atomic E-state index is 0.0788. The number of tetrazole rings is 1. The molecule has 0 saturated heterocycles. The molecule has 1 atom stereocenters. The van der Waals surface area contributed by atoms with Gasteiger partial charge in [-0.1, -0.05) is 83.0 Å². The lowest BCUT2D eigenvalue weighted by Gasteiger charge is -2.32. The number of aromatic nitrogens is 4. The third kappa shape index (κ3) is 4.25. The molecule has 1 aliphatic rings. The molecule has 7 nitrogen and oxygen atoms in total. The van der Waals surface area contributed by atoms with Crippen LogP contribution in [0.1, 0.15) is 28.3 Å². The predicted octanol–water partition coefficient (Wildman–Crippen LogP) is 4.38. The molecule has 1 aliphatic heterocycles. The van der Waals surface area contributed by atoms with E-state index < -0.39 is 0 Å². The number of allylic oxidation sites excluding steroid dienone is 1. The summed E-state index contributed by atoms with van der Waals surface area (Å²) < 4.78 is 1.76. The van der Waals surface area contributed by atoms with Crippen molar-refractivity contribution in [2.75, 3.05) is 16.8 Å². The van der Waals surface area contributed by atoms with Crippen molar-refractivity contribution in [1.29, 1.82) is 0 Å². The number of benzene rings is 3. The van der Waals surface area contributed by atoms with Crippen LogP contribution in [0.4, 0.5) is 11.6 Å². The SMILES string of the molecule is Cc1ccc(NC(=O)CN2C(c3ccc(C)cc3)=C[C@H](c3ccccc3)n3nnnc32)cc1. The van der Waals surface area contributed by atoms with E-state index in [9.17, 15) is 4.79 Å². The first-order valence-corrected chi connectivity index (χ1v) is 10.8. The van der Waals surface area contributed by atoms with Crippen LogP contribution < -0.4 is 10.2 Å². The molecule has 0 fully saturated rings. The van der Waals surface area contributed by atoms with Gasteiger partial charge in [-0.3, -0.25) is 9.69 Å². The molecule has 5 rings (SSSR count). The molecule has 0 spiro atoms. The normalized spacial score (nSPS) is 15.0. The van der Waals surface area contributed by atoms with Gasteiger partial charge in [0.25, 0.3) is 5.95 Å². The molecular formula is C26H24N6O. The standard InChI is InChI=1S/C26H24N6O/c1-18-8-12-21(13-9-18)23-16-24(20-6-4-3-5-7-20)32-26(28-29-30-32)31(23)17-25(33)27-22-14-10-19(2)11-15-22/h3-16,24H,17H2,1-2H3,(H,27,33)/t24-/m1/s1. The van der Waals surface area contributed by atoms with E-state index in [-0.39, 0.29) is 18.5 Å². The summed E-state index contributed by atoms with van der Waals surface area (Å²) >= 11 is 0. The molecule has 1 amide bonds. The van der Waals surface area contributed by atoms with Crippen LogP contribution in [0.15, 0.2) is 84.9 Å². The first-order valence-electron chi connectivity index (χ1n) is 10.8. The minimum atomic E-state index is -0.177. The Morgan fingerprint density at radius 1 is 0.909 bits per heavy atom. The van der Waals surface area contributed by atoms with Gasteiger partial charge in [-0.25, -0.2) is 0 Å². The van der Waals surface area contributed by atoms with Crippen molar-refractivity contribution >= 4 is 23.2 Å². The summed E-state index contributed by atoms with van der Waals surface area (Å²) in [7, 11) is 0. The van der Waals surface area contributed by atoms with E-state index in [0.717, 1.165) is 28.1 Å². The first-order chi connectivity index (χ1) is 16.1. The summed E-state index contributed by atoms with van der Waals surface area (Å²) in [5, 5.41) is 15.4. The molecule has 7 heteroatoms. The van der Waals surface area contributed by atoms with Gasteiger partial charge in [0.2, 0.25) is 5.91 Å². The van der Waals surface area contributed by atoms with Gasteiger partial charge in [-0.05, 0) is 53.6 Å². The monoisotopic (exact) mass is 436 g/mol. The molecule has 0 saturated carbocycles. The molecule has 33 heavy (non-hydrogen) atoms. The predicted molar refractivity (Wildman–Crippen MR) is 129 cm³/mol. The Morgan fingerprint density at radius 2 is 1.58 bits per heavy atom. The maximum atomic E-state index is 13.0. The Hall–Kier alpha value is -4.26. The number of hydrogen-bond acceptors (Lipinski definition) is 5.